The molecule has 5 heteroatoms. The number of carbonyl (C=O) groups is 2. The molecule has 0 unspecified atom stereocenters. The minimum Gasteiger partial charge on any atom is -0.383 e. The lowest BCUT2D eigenvalue weighted by molar-refractivity contribution is -0.124. The number of amides is 2. The van der Waals surface area contributed by atoms with Crippen molar-refractivity contribution in [3.05, 3.63) is 29.8 Å². The summed E-state index contributed by atoms with van der Waals surface area (Å²) in [5, 5.41) is 3.00. The number of carbonyl (C=O) groups excluding carboxylic acids is 2. The lowest BCUT2D eigenvalue weighted by Crippen LogP contribution is -2.56. The van der Waals surface area contributed by atoms with Gasteiger partial charge in [0, 0.05) is 13.7 Å². The van der Waals surface area contributed by atoms with Gasteiger partial charge in [0.15, 0.2) is 0 Å². The summed E-state index contributed by atoms with van der Waals surface area (Å²) in [6.07, 6.45) is 3.38. The molecule has 1 aliphatic heterocycles. The fourth-order valence-corrected chi connectivity index (χ4v) is 3.33. The minimum atomic E-state index is -0.732. The predicted molar refractivity (Wildman–Crippen MR) is 79.3 cm³/mol. The average Bonchev–Trinajstić information content (AvgIpc) is 2.94. The Hall–Kier alpha value is -1.88. The lowest BCUT2D eigenvalue weighted by Gasteiger charge is -2.32. The van der Waals surface area contributed by atoms with Crippen LogP contribution in [0.2, 0.25) is 0 Å². The van der Waals surface area contributed by atoms with Crippen LogP contribution >= 0.6 is 0 Å². The Morgan fingerprint density at radius 1 is 1.24 bits per heavy atom. The van der Waals surface area contributed by atoms with Gasteiger partial charge in [-0.1, -0.05) is 25.0 Å². The number of nitrogens with zero attached hydrogens (tertiary/aromatic N) is 1. The maximum absolute atomic E-state index is 13.0. The van der Waals surface area contributed by atoms with E-state index in [2.05, 4.69) is 5.32 Å². The van der Waals surface area contributed by atoms with Crippen LogP contribution in [0.4, 0.5) is 5.69 Å². The first-order valence-electron chi connectivity index (χ1n) is 7.40. The lowest BCUT2D eigenvalue weighted by atomic mass is 9.95. The predicted octanol–water partition coefficient (Wildman–Crippen LogP) is 1.72. The summed E-state index contributed by atoms with van der Waals surface area (Å²) in [4.78, 5) is 27.3. The number of ether oxygens (including phenoxy) is 1. The van der Waals surface area contributed by atoms with Gasteiger partial charge in [-0.3, -0.25) is 9.59 Å². The fraction of sp³-hybridized carbons (Fsp3) is 0.500. The topological polar surface area (TPSA) is 58.6 Å². The van der Waals surface area contributed by atoms with Gasteiger partial charge in [-0.15, -0.1) is 0 Å². The van der Waals surface area contributed by atoms with Crippen molar-refractivity contribution in [1.82, 2.24) is 5.32 Å². The minimum absolute atomic E-state index is 0.00431. The molecule has 0 aromatic heterocycles. The van der Waals surface area contributed by atoms with Crippen LogP contribution in [-0.4, -0.2) is 37.6 Å². The van der Waals surface area contributed by atoms with Crippen LogP contribution < -0.4 is 10.2 Å². The molecule has 0 atom stereocenters. The van der Waals surface area contributed by atoms with Crippen LogP contribution in [0.3, 0.4) is 0 Å². The number of methoxy groups -OCH3 is 1. The van der Waals surface area contributed by atoms with E-state index < -0.39 is 5.54 Å². The smallest absolute Gasteiger partial charge is 0.254 e. The van der Waals surface area contributed by atoms with Crippen molar-refractivity contribution < 1.29 is 14.3 Å². The van der Waals surface area contributed by atoms with Crippen molar-refractivity contribution in [2.45, 2.75) is 31.2 Å². The summed E-state index contributed by atoms with van der Waals surface area (Å²) in [5.74, 6) is -0.156. The SMILES string of the molecule is COCCN1C(=O)C2(CCCC2)NC(=O)c2ccccc21. The van der Waals surface area contributed by atoms with Gasteiger partial charge in [-0.25, -0.2) is 0 Å². The Labute approximate surface area is 124 Å². The Morgan fingerprint density at radius 3 is 2.67 bits per heavy atom. The zero-order valence-corrected chi connectivity index (χ0v) is 12.2. The molecule has 0 radical (unpaired) electrons. The molecule has 3 rings (SSSR count). The molecule has 21 heavy (non-hydrogen) atoms. The number of fused-ring (bicyclic) bond motifs is 1. The highest BCUT2D eigenvalue weighted by Crippen LogP contribution is 2.36. The second kappa shape index (κ2) is 5.48. The molecule has 0 bridgehead atoms. The molecule has 2 aliphatic rings. The number of para-hydroxylation sites is 1. The summed E-state index contributed by atoms with van der Waals surface area (Å²) in [6.45, 7) is 0.910. The molecule has 2 amide bonds. The van der Waals surface area contributed by atoms with Crippen molar-refractivity contribution >= 4 is 17.5 Å². The van der Waals surface area contributed by atoms with Gasteiger partial charge >= 0.3 is 0 Å². The quantitative estimate of drug-likeness (QED) is 0.921. The number of hydrogen-bond acceptors (Lipinski definition) is 3. The molecular weight excluding hydrogens is 268 g/mol. The van der Waals surface area contributed by atoms with E-state index in [0.717, 1.165) is 25.7 Å². The monoisotopic (exact) mass is 288 g/mol. The first-order chi connectivity index (χ1) is 10.2. The molecule has 1 aromatic carbocycles. The maximum Gasteiger partial charge on any atom is 0.254 e. The van der Waals surface area contributed by atoms with Crippen LogP contribution in [0.1, 0.15) is 36.0 Å². The van der Waals surface area contributed by atoms with E-state index in [4.69, 9.17) is 4.74 Å². The van der Waals surface area contributed by atoms with E-state index in [0.29, 0.717) is 24.4 Å². The van der Waals surface area contributed by atoms with Crippen LogP contribution in [0.5, 0.6) is 0 Å². The Kier molecular flexibility index (Phi) is 3.68. The maximum atomic E-state index is 13.0. The third-order valence-corrected chi connectivity index (χ3v) is 4.42. The molecule has 1 heterocycles. The van der Waals surface area contributed by atoms with E-state index >= 15 is 0 Å². The molecule has 1 aromatic rings. The highest BCUT2D eigenvalue weighted by Gasteiger charge is 2.47. The van der Waals surface area contributed by atoms with Gasteiger partial charge in [-0.05, 0) is 25.0 Å². The van der Waals surface area contributed by atoms with E-state index in [1.807, 2.05) is 18.2 Å². The van der Waals surface area contributed by atoms with Crippen LogP contribution in [0.25, 0.3) is 0 Å². The first-order valence-corrected chi connectivity index (χ1v) is 7.40. The van der Waals surface area contributed by atoms with Crippen LogP contribution in [0.15, 0.2) is 24.3 Å². The van der Waals surface area contributed by atoms with Crippen molar-refractivity contribution in [2.75, 3.05) is 25.2 Å². The summed E-state index contributed by atoms with van der Waals surface area (Å²) < 4.78 is 5.13. The Morgan fingerprint density at radius 2 is 1.95 bits per heavy atom. The number of anilines is 1. The van der Waals surface area contributed by atoms with Gasteiger partial charge in [0.2, 0.25) is 0 Å². The van der Waals surface area contributed by atoms with Gasteiger partial charge in [-0.2, -0.15) is 0 Å². The normalized spacial score (nSPS) is 20.3. The fourth-order valence-electron chi connectivity index (χ4n) is 3.33. The van der Waals surface area contributed by atoms with Crippen molar-refractivity contribution in [3.8, 4) is 0 Å². The van der Waals surface area contributed by atoms with E-state index in [-0.39, 0.29) is 11.8 Å². The summed E-state index contributed by atoms with van der Waals surface area (Å²) in [6, 6.07) is 7.28. The number of nitrogens with one attached hydrogen (secondary N) is 1. The van der Waals surface area contributed by atoms with Gasteiger partial charge in [0.05, 0.1) is 17.9 Å². The standard InChI is InChI=1S/C16H20N2O3/c1-21-11-10-18-13-7-3-2-6-12(13)14(19)17-16(15(18)20)8-4-5-9-16/h2-3,6-7H,4-5,8-11H2,1H3,(H,17,19). The molecule has 112 valence electrons. The number of hydrogen-bond donors (Lipinski definition) is 1. The third kappa shape index (κ3) is 2.31. The van der Waals surface area contributed by atoms with Crippen molar-refractivity contribution in [1.29, 1.82) is 0 Å². The van der Waals surface area contributed by atoms with Crippen molar-refractivity contribution in [2.24, 2.45) is 0 Å². The molecule has 1 N–H and O–H groups in total. The highest BCUT2D eigenvalue weighted by molar-refractivity contribution is 6.12. The van der Waals surface area contributed by atoms with E-state index in [1.165, 1.54) is 0 Å². The summed E-state index contributed by atoms with van der Waals surface area (Å²) in [7, 11) is 1.61. The zero-order valence-electron chi connectivity index (χ0n) is 12.2. The van der Waals surface area contributed by atoms with E-state index in [9.17, 15) is 9.59 Å². The number of rotatable bonds is 3. The molecule has 5 nitrogen and oxygen atoms in total. The van der Waals surface area contributed by atoms with Crippen LogP contribution in [0, 0.1) is 0 Å². The molecule has 1 fully saturated rings. The molecule has 1 saturated carbocycles. The third-order valence-electron chi connectivity index (χ3n) is 4.42. The Bertz CT molecular complexity index is 564. The van der Waals surface area contributed by atoms with E-state index in [1.54, 1.807) is 18.1 Å². The first kappa shape index (κ1) is 14.1. The van der Waals surface area contributed by atoms with Crippen LogP contribution in [-0.2, 0) is 9.53 Å². The summed E-state index contributed by atoms with van der Waals surface area (Å²) in [5.41, 5.74) is 0.510. The largest absolute Gasteiger partial charge is 0.383 e. The highest BCUT2D eigenvalue weighted by atomic mass is 16.5. The van der Waals surface area contributed by atoms with Crippen molar-refractivity contribution in [3.63, 3.8) is 0 Å². The molecule has 1 aliphatic carbocycles. The second-order valence-electron chi connectivity index (χ2n) is 5.71. The van der Waals surface area contributed by atoms with Gasteiger partial charge < -0.3 is 15.0 Å². The van der Waals surface area contributed by atoms with Gasteiger partial charge in [0.1, 0.15) is 5.54 Å². The number of benzene rings is 1. The van der Waals surface area contributed by atoms with Gasteiger partial charge in [0.25, 0.3) is 11.8 Å². The zero-order chi connectivity index (χ0) is 14.9. The molecule has 0 saturated heterocycles. The molecular formula is C16H20N2O3. The second-order valence-corrected chi connectivity index (χ2v) is 5.71. The summed E-state index contributed by atoms with van der Waals surface area (Å²) >= 11 is 0. The molecule has 1 spiro atoms. The average molecular weight is 288 g/mol. The Balaban J connectivity index is 2.06.